The summed E-state index contributed by atoms with van der Waals surface area (Å²) < 4.78 is 0. The molecule has 1 aromatic rings. The Labute approximate surface area is 162 Å². The summed E-state index contributed by atoms with van der Waals surface area (Å²) in [6, 6.07) is 7.94. The lowest BCUT2D eigenvalue weighted by molar-refractivity contribution is -0.133. The SMILES string of the molecule is Cc1ccccc1CC1(C2CCNCC2)NC(=O)N(CCCN(C)C)C1=O. The average Bonchev–Trinajstić information content (AvgIpc) is 2.89. The van der Waals surface area contributed by atoms with E-state index < -0.39 is 5.54 Å². The van der Waals surface area contributed by atoms with Crippen LogP contribution in [0.4, 0.5) is 4.79 Å². The van der Waals surface area contributed by atoms with Crippen LogP contribution in [0, 0.1) is 12.8 Å². The Kier molecular flexibility index (Phi) is 6.17. The fraction of sp³-hybridized carbons (Fsp3) is 0.619. The standard InChI is InChI=1S/C21H32N4O2/c1-16-7-4-5-8-17(16)15-21(18-9-11-22-12-10-18)19(26)25(20(27)23-21)14-6-13-24(2)3/h4-5,7-8,18,22H,6,9-15H2,1-3H3,(H,23,27). The van der Waals surface area contributed by atoms with E-state index in [1.54, 1.807) is 0 Å². The molecule has 2 fully saturated rings. The van der Waals surface area contributed by atoms with Gasteiger partial charge in [-0.15, -0.1) is 0 Å². The topological polar surface area (TPSA) is 64.7 Å². The van der Waals surface area contributed by atoms with Gasteiger partial charge >= 0.3 is 6.03 Å². The summed E-state index contributed by atoms with van der Waals surface area (Å²) in [5, 5.41) is 6.52. The molecule has 2 heterocycles. The number of imide groups is 1. The van der Waals surface area contributed by atoms with E-state index >= 15 is 0 Å². The van der Waals surface area contributed by atoms with Gasteiger partial charge in [-0.2, -0.15) is 0 Å². The molecule has 0 saturated carbocycles. The van der Waals surface area contributed by atoms with Gasteiger partial charge in [0.2, 0.25) is 0 Å². The van der Waals surface area contributed by atoms with Crippen LogP contribution in [0.1, 0.15) is 30.4 Å². The molecule has 1 unspecified atom stereocenters. The van der Waals surface area contributed by atoms with Crippen molar-refractivity contribution in [1.29, 1.82) is 0 Å². The third-order valence-corrected chi connectivity index (χ3v) is 5.96. The number of hydrogen-bond acceptors (Lipinski definition) is 4. The molecule has 0 aliphatic carbocycles. The van der Waals surface area contributed by atoms with Crippen molar-refractivity contribution in [2.24, 2.45) is 5.92 Å². The highest BCUT2D eigenvalue weighted by Gasteiger charge is 2.55. The first-order valence-electron chi connectivity index (χ1n) is 9.98. The number of piperidine rings is 1. The highest BCUT2D eigenvalue weighted by atomic mass is 16.2. The van der Waals surface area contributed by atoms with Gasteiger partial charge in [0.25, 0.3) is 5.91 Å². The number of benzene rings is 1. The zero-order valence-electron chi connectivity index (χ0n) is 16.8. The summed E-state index contributed by atoms with van der Waals surface area (Å²) in [5.74, 6) is 0.120. The molecule has 6 nitrogen and oxygen atoms in total. The van der Waals surface area contributed by atoms with Crippen LogP contribution in [0.3, 0.4) is 0 Å². The Morgan fingerprint density at radius 3 is 2.56 bits per heavy atom. The van der Waals surface area contributed by atoms with E-state index in [2.05, 4.69) is 34.6 Å². The van der Waals surface area contributed by atoms with Gasteiger partial charge in [0.15, 0.2) is 0 Å². The molecular weight excluding hydrogens is 340 g/mol. The summed E-state index contributed by atoms with van der Waals surface area (Å²) >= 11 is 0. The molecule has 2 N–H and O–H groups in total. The molecule has 1 atom stereocenters. The Balaban J connectivity index is 1.87. The van der Waals surface area contributed by atoms with Crippen LogP contribution in [-0.4, -0.2) is 67.6 Å². The van der Waals surface area contributed by atoms with Crippen LogP contribution < -0.4 is 10.6 Å². The maximum atomic E-state index is 13.5. The summed E-state index contributed by atoms with van der Waals surface area (Å²) in [4.78, 5) is 29.8. The second kappa shape index (κ2) is 8.40. The number of carbonyl (C=O) groups is 2. The van der Waals surface area contributed by atoms with Crippen molar-refractivity contribution in [2.75, 3.05) is 40.3 Å². The van der Waals surface area contributed by atoms with Gasteiger partial charge in [0.05, 0.1) is 0 Å². The summed E-state index contributed by atoms with van der Waals surface area (Å²) in [6.07, 6.45) is 3.17. The zero-order chi connectivity index (χ0) is 19.4. The molecule has 0 bridgehead atoms. The number of rotatable bonds is 7. The molecule has 3 rings (SSSR count). The van der Waals surface area contributed by atoms with Crippen molar-refractivity contribution in [3.05, 3.63) is 35.4 Å². The lowest BCUT2D eigenvalue weighted by atomic mass is 9.73. The summed E-state index contributed by atoms with van der Waals surface area (Å²) in [7, 11) is 4.01. The molecule has 27 heavy (non-hydrogen) atoms. The third-order valence-electron chi connectivity index (χ3n) is 5.96. The first kappa shape index (κ1) is 19.8. The molecule has 1 aromatic carbocycles. The van der Waals surface area contributed by atoms with Crippen LogP contribution in [0.2, 0.25) is 0 Å². The van der Waals surface area contributed by atoms with Crippen LogP contribution in [0.15, 0.2) is 24.3 Å². The fourth-order valence-electron chi connectivity index (χ4n) is 4.36. The van der Waals surface area contributed by atoms with E-state index in [-0.39, 0.29) is 17.9 Å². The van der Waals surface area contributed by atoms with Crippen LogP contribution in [0.25, 0.3) is 0 Å². The Morgan fingerprint density at radius 2 is 1.89 bits per heavy atom. The van der Waals surface area contributed by atoms with Gasteiger partial charge in [-0.1, -0.05) is 24.3 Å². The highest BCUT2D eigenvalue weighted by molar-refractivity contribution is 6.07. The number of nitrogens with one attached hydrogen (secondary N) is 2. The van der Waals surface area contributed by atoms with Crippen molar-refractivity contribution in [3.8, 4) is 0 Å². The second-order valence-corrected chi connectivity index (χ2v) is 8.14. The quantitative estimate of drug-likeness (QED) is 0.716. The number of carbonyl (C=O) groups excluding carboxylic acids is 2. The van der Waals surface area contributed by atoms with Gasteiger partial charge in [0, 0.05) is 13.0 Å². The number of aryl methyl sites for hydroxylation is 1. The lowest BCUT2D eigenvalue weighted by Crippen LogP contribution is -2.57. The average molecular weight is 373 g/mol. The Hall–Kier alpha value is -1.92. The molecule has 3 amide bonds. The number of nitrogens with zero attached hydrogens (tertiary/aromatic N) is 2. The molecule has 2 aliphatic heterocycles. The molecule has 0 aromatic heterocycles. The van der Waals surface area contributed by atoms with Gasteiger partial charge < -0.3 is 15.5 Å². The van der Waals surface area contributed by atoms with Gasteiger partial charge in [-0.3, -0.25) is 9.69 Å². The number of urea groups is 1. The van der Waals surface area contributed by atoms with Crippen molar-refractivity contribution in [1.82, 2.24) is 20.4 Å². The maximum Gasteiger partial charge on any atom is 0.325 e. The molecule has 0 radical (unpaired) electrons. The first-order valence-corrected chi connectivity index (χ1v) is 9.98. The molecule has 2 saturated heterocycles. The Bertz CT molecular complexity index is 685. The highest BCUT2D eigenvalue weighted by Crippen LogP contribution is 2.35. The molecule has 148 valence electrons. The molecule has 0 spiro atoms. The second-order valence-electron chi connectivity index (χ2n) is 8.14. The van der Waals surface area contributed by atoms with E-state index in [9.17, 15) is 9.59 Å². The van der Waals surface area contributed by atoms with E-state index in [0.717, 1.165) is 44.5 Å². The molecular formula is C21H32N4O2. The minimum atomic E-state index is -0.816. The summed E-state index contributed by atoms with van der Waals surface area (Å²) in [6.45, 7) is 5.19. The van der Waals surface area contributed by atoms with E-state index in [1.165, 1.54) is 10.5 Å². The third kappa shape index (κ3) is 4.17. The fourth-order valence-corrected chi connectivity index (χ4v) is 4.36. The van der Waals surface area contributed by atoms with Crippen molar-refractivity contribution < 1.29 is 9.59 Å². The van der Waals surface area contributed by atoms with Gasteiger partial charge in [0.1, 0.15) is 5.54 Å². The van der Waals surface area contributed by atoms with Crippen LogP contribution in [0.5, 0.6) is 0 Å². The smallest absolute Gasteiger partial charge is 0.322 e. The van der Waals surface area contributed by atoms with Crippen LogP contribution in [-0.2, 0) is 11.2 Å². The largest absolute Gasteiger partial charge is 0.325 e. The van der Waals surface area contributed by atoms with E-state index in [1.807, 2.05) is 26.2 Å². The number of hydrogen-bond donors (Lipinski definition) is 2. The number of amides is 3. The predicted molar refractivity (Wildman–Crippen MR) is 107 cm³/mol. The van der Waals surface area contributed by atoms with Crippen LogP contribution >= 0.6 is 0 Å². The van der Waals surface area contributed by atoms with Crippen molar-refractivity contribution in [3.63, 3.8) is 0 Å². The predicted octanol–water partition coefficient (Wildman–Crippen LogP) is 1.78. The van der Waals surface area contributed by atoms with Gasteiger partial charge in [-0.25, -0.2) is 4.79 Å². The monoisotopic (exact) mass is 372 g/mol. The summed E-state index contributed by atoms with van der Waals surface area (Å²) in [5.41, 5.74) is 1.49. The molecule has 2 aliphatic rings. The lowest BCUT2D eigenvalue weighted by Gasteiger charge is -2.38. The first-order chi connectivity index (χ1) is 12.9. The van der Waals surface area contributed by atoms with E-state index in [0.29, 0.717) is 13.0 Å². The maximum absolute atomic E-state index is 13.5. The zero-order valence-corrected chi connectivity index (χ0v) is 16.8. The van der Waals surface area contributed by atoms with E-state index in [4.69, 9.17) is 0 Å². The van der Waals surface area contributed by atoms with Crippen molar-refractivity contribution in [2.45, 2.75) is 38.1 Å². The molecule has 6 heteroatoms. The minimum absolute atomic E-state index is 0.0404. The Morgan fingerprint density at radius 1 is 1.19 bits per heavy atom. The normalized spacial score (nSPS) is 23.9. The van der Waals surface area contributed by atoms with Gasteiger partial charge in [-0.05, 0) is 77.0 Å². The van der Waals surface area contributed by atoms with Crippen molar-refractivity contribution >= 4 is 11.9 Å². The minimum Gasteiger partial charge on any atom is -0.322 e.